The second kappa shape index (κ2) is 9.24. The van der Waals surface area contributed by atoms with Crippen LogP contribution in [0.25, 0.3) is 0 Å². The zero-order valence-corrected chi connectivity index (χ0v) is 14.2. The highest BCUT2D eigenvalue weighted by Crippen LogP contribution is 2.16. The van der Waals surface area contributed by atoms with E-state index in [9.17, 15) is 4.79 Å². The lowest BCUT2D eigenvalue weighted by atomic mass is 10.2. The monoisotopic (exact) mass is 334 g/mol. The number of guanidine groups is 1. The van der Waals surface area contributed by atoms with E-state index in [2.05, 4.69) is 15.6 Å². The Balaban J connectivity index is 1.88. The van der Waals surface area contributed by atoms with Gasteiger partial charge in [-0.25, -0.2) is 4.99 Å². The van der Waals surface area contributed by atoms with Gasteiger partial charge in [0.1, 0.15) is 6.10 Å². The van der Waals surface area contributed by atoms with Crippen LogP contribution in [0.4, 0.5) is 5.69 Å². The number of hydrogen-bond acceptors (Lipinski definition) is 4. The Labute approximate surface area is 142 Å². The molecule has 1 aliphatic rings. The van der Waals surface area contributed by atoms with Gasteiger partial charge in [0.15, 0.2) is 5.96 Å². The number of nitrogens with two attached hydrogens (primary N) is 1. The summed E-state index contributed by atoms with van der Waals surface area (Å²) in [4.78, 5) is 16.4. The van der Waals surface area contributed by atoms with Gasteiger partial charge < -0.3 is 25.8 Å². The van der Waals surface area contributed by atoms with Crippen LogP contribution in [0.1, 0.15) is 25.3 Å². The molecule has 1 saturated heterocycles. The Bertz CT molecular complexity index is 571. The fraction of sp³-hybridized carbons (Fsp3) is 0.529. The summed E-state index contributed by atoms with van der Waals surface area (Å²) in [6.07, 6.45) is 1.37. The van der Waals surface area contributed by atoms with E-state index in [0.29, 0.717) is 25.7 Å². The van der Waals surface area contributed by atoms with E-state index >= 15 is 0 Å². The molecule has 24 heavy (non-hydrogen) atoms. The van der Waals surface area contributed by atoms with Crippen molar-refractivity contribution in [3.63, 3.8) is 0 Å². The van der Waals surface area contributed by atoms with Crippen molar-refractivity contribution in [3.05, 3.63) is 29.8 Å². The number of aliphatic imine (C=N–C) groups is 1. The lowest BCUT2D eigenvalue weighted by molar-refractivity contribution is -0.124. The van der Waals surface area contributed by atoms with E-state index in [1.165, 1.54) is 0 Å². The molecule has 0 bridgehead atoms. The van der Waals surface area contributed by atoms with E-state index in [-0.39, 0.29) is 18.1 Å². The molecule has 1 aromatic rings. The predicted molar refractivity (Wildman–Crippen MR) is 93.8 cm³/mol. The Kier molecular flexibility index (Phi) is 7.02. The van der Waals surface area contributed by atoms with Crippen LogP contribution in [0, 0.1) is 0 Å². The lowest BCUT2D eigenvalue weighted by Gasteiger charge is -2.13. The van der Waals surface area contributed by atoms with E-state index in [1.54, 1.807) is 7.11 Å². The Morgan fingerprint density at radius 1 is 1.54 bits per heavy atom. The smallest absolute Gasteiger partial charge is 0.253 e. The van der Waals surface area contributed by atoms with E-state index in [0.717, 1.165) is 24.1 Å². The zero-order valence-electron chi connectivity index (χ0n) is 14.2. The lowest BCUT2D eigenvalue weighted by Crippen LogP contribution is -2.40. The van der Waals surface area contributed by atoms with Crippen molar-refractivity contribution in [2.45, 2.75) is 38.5 Å². The van der Waals surface area contributed by atoms with Gasteiger partial charge in [0.05, 0.1) is 13.2 Å². The number of anilines is 1. The highest BCUT2D eigenvalue weighted by Gasteiger charge is 2.23. The number of nitrogens with zero attached hydrogens (tertiary/aromatic N) is 1. The SMILES string of the molecule is COCC(C)NC(N)=NCc1cccc(NC(=O)C2CCCO2)c1. The number of hydrogen-bond donors (Lipinski definition) is 3. The fourth-order valence-corrected chi connectivity index (χ4v) is 2.52. The van der Waals surface area contributed by atoms with Crippen LogP contribution in [-0.2, 0) is 20.8 Å². The van der Waals surface area contributed by atoms with Gasteiger partial charge in [0.25, 0.3) is 5.91 Å². The second-order valence-corrected chi connectivity index (χ2v) is 5.89. The van der Waals surface area contributed by atoms with E-state index < -0.39 is 0 Å². The molecule has 1 amide bonds. The van der Waals surface area contributed by atoms with Crippen molar-refractivity contribution in [1.29, 1.82) is 0 Å². The Hall–Kier alpha value is -2.12. The number of nitrogens with one attached hydrogen (secondary N) is 2. The van der Waals surface area contributed by atoms with Crippen LogP contribution >= 0.6 is 0 Å². The molecule has 7 heteroatoms. The van der Waals surface area contributed by atoms with Crippen molar-refractivity contribution < 1.29 is 14.3 Å². The van der Waals surface area contributed by atoms with E-state index in [1.807, 2.05) is 31.2 Å². The minimum atomic E-state index is -0.339. The molecule has 1 aromatic carbocycles. The van der Waals surface area contributed by atoms with Crippen LogP contribution < -0.4 is 16.4 Å². The summed E-state index contributed by atoms with van der Waals surface area (Å²) in [7, 11) is 1.64. The van der Waals surface area contributed by atoms with Gasteiger partial charge in [-0.1, -0.05) is 12.1 Å². The molecule has 4 N–H and O–H groups in total. The van der Waals surface area contributed by atoms with Crippen LogP contribution in [0.2, 0.25) is 0 Å². The summed E-state index contributed by atoms with van der Waals surface area (Å²) >= 11 is 0. The van der Waals surface area contributed by atoms with Gasteiger partial charge in [-0.15, -0.1) is 0 Å². The van der Waals surface area contributed by atoms with E-state index in [4.69, 9.17) is 15.2 Å². The summed E-state index contributed by atoms with van der Waals surface area (Å²) in [6, 6.07) is 7.66. The van der Waals surface area contributed by atoms with Gasteiger partial charge in [-0.3, -0.25) is 4.79 Å². The molecule has 1 fully saturated rings. The van der Waals surface area contributed by atoms with Gasteiger partial charge >= 0.3 is 0 Å². The third-order valence-electron chi connectivity index (χ3n) is 3.66. The summed E-state index contributed by atoms with van der Waals surface area (Å²) in [5.74, 6) is 0.274. The maximum Gasteiger partial charge on any atom is 0.253 e. The zero-order chi connectivity index (χ0) is 17.4. The molecule has 0 aromatic heterocycles. The third kappa shape index (κ3) is 5.82. The Morgan fingerprint density at radius 2 is 2.38 bits per heavy atom. The molecule has 132 valence electrons. The topological polar surface area (TPSA) is 98.0 Å². The molecule has 2 rings (SSSR count). The van der Waals surface area contributed by atoms with Crippen molar-refractivity contribution in [2.75, 3.05) is 25.6 Å². The molecule has 0 aliphatic carbocycles. The average molecular weight is 334 g/mol. The van der Waals surface area contributed by atoms with Crippen LogP contribution in [0.15, 0.2) is 29.3 Å². The minimum Gasteiger partial charge on any atom is -0.383 e. The largest absolute Gasteiger partial charge is 0.383 e. The normalized spacial score (nSPS) is 19.1. The number of carbonyl (C=O) groups is 1. The number of methoxy groups -OCH3 is 1. The number of amides is 1. The molecule has 0 saturated carbocycles. The fourth-order valence-electron chi connectivity index (χ4n) is 2.52. The standard InChI is InChI=1S/C17H26N4O3/c1-12(11-23-2)20-17(18)19-10-13-5-3-6-14(9-13)21-16(22)15-7-4-8-24-15/h3,5-6,9,12,15H,4,7-8,10-11H2,1-2H3,(H,21,22)(H3,18,19,20). The first-order chi connectivity index (χ1) is 11.6. The van der Waals surface area contributed by atoms with Gasteiger partial charge in [0.2, 0.25) is 0 Å². The molecule has 0 spiro atoms. The molecule has 2 atom stereocenters. The summed E-state index contributed by atoms with van der Waals surface area (Å²) < 4.78 is 10.4. The van der Waals surface area contributed by atoms with Gasteiger partial charge in [0, 0.05) is 25.4 Å². The first-order valence-corrected chi connectivity index (χ1v) is 8.15. The molecule has 1 heterocycles. The van der Waals surface area contributed by atoms with Crippen LogP contribution in [-0.4, -0.2) is 44.3 Å². The second-order valence-electron chi connectivity index (χ2n) is 5.89. The number of carbonyl (C=O) groups excluding carboxylic acids is 1. The average Bonchev–Trinajstić information content (AvgIpc) is 3.08. The highest BCUT2D eigenvalue weighted by molar-refractivity contribution is 5.94. The summed E-state index contributed by atoms with van der Waals surface area (Å²) in [6.45, 7) is 3.61. The first kappa shape index (κ1) is 18.2. The Morgan fingerprint density at radius 3 is 3.08 bits per heavy atom. The van der Waals surface area contributed by atoms with Crippen LogP contribution in [0.3, 0.4) is 0 Å². The summed E-state index contributed by atoms with van der Waals surface area (Å²) in [5.41, 5.74) is 7.55. The molecule has 2 unspecified atom stereocenters. The van der Waals surface area contributed by atoms with Crippen molar-refractivity contribution in [3.8, 4) is 0 Å². The van der Waals surface area contributed by atoms with Gasteiger partial charge in [-0.2, -0.15) is 0 Å². The van der Waals surface area contributed by atoms with Crippen molar-refractivity contribution in [1.82, 2.24) is 5.32 Å². The maximum atomic E-state index is 12.1. The number of ether oxygens (including phenoxy) is 2. The summed E-state index contributed by atoms with van der Waals surface area (Å²) in [5, 5.41) is 5.94. The molecule has 1 aliphatic heterocycles. The molecule has 7 nitrogen and oxygen atoms in total. The van der Waals surface area contributed by atoms with Crippen molar-refractivity contribution >= 4 is 17.6 Å². The van der Waals surface area contributed by atoms with Crippen LogP contribution in [0.5, 0.6) is 0 Å². The number of benzene rings is 1. The minimum absolute atomic E-state index is 0.0933. The molecule has 0 radical (unpaired) electrons. The van der Waals surface area contributed by atoms with Gasteiger partial charge in [-0.05, 0) is 37.5 Å². The quantitative estimate of drug-likeness (QED) is 0.515. The molecular formula is C17H26N4O3. The maximum absolute atomic E-state index is 12.1. The first-order valence-electron chi connectivity index (χ1n) is 8.15. The van der Waals surface area contributed by atoms with Crippen molar-refractivity contribution in [2.24, 2.45) is 10.7 Å². The third-order valence-corrected chi connectivity index (χ3v) is 3.66. The molecular weight excluding hydrogens is 308 g/mol. The highest BCUT2D eigenvalue weighted by atomic mass is 16.5. The number of rotatable bonds is 7. The predicted octanol–water partition coefficient (Wildman–Crippen LogP) is 1.24.